The third kappa shape index (κ3) is 3.44. The lowest BCUT2D eigenvalue weighted by atomic mass is 10.1. The highest BCUT2D eigenvalue weighted by Crippen LogP contribution is 2.21. The fraction of sp³-hybridized carbons (Fsp3) is 0.400. The lowest BCUT2D eigenvalue weighted by Gasteiger charge is -2.17. The van der Waals surface area contributed by atoms with Crippen molar-refractivity contribution >= 4 is 5.69 Å². The van der Waals surface area contributed by atoms with E-state index in [1.165, 1.54) is 0 Å². The van der Waals surface area contributed by atoms with E-state index in [2.05, 4.69) is 27.2 Å². The Labute approximate surface area is 119 Å². The summed E-state index contributed by atoms with van der Waals surface area (Å²) in [5.74, 6) is 1.43. The SMILES string of the molecule is CCOc1ccc(NC(C)c2cnc(C)nc2C)cn1. The molecule has 1 atom stereocenters. The van der Waals surface area contributed by atoms with Gasteiger partial charge in [0.15, 0.2) is 0 Å². The van der Waals surface area contributed by atoms with Crippen LogP contribution in [0.25, 0.3) is 0 Å². The Morgan fingerprint density at radius 2 is 2.00 bits per heavy atom. The molecule has 2 rings (SSSR count). The van der Waals surface area contributed by atoms with Crippen LogP contribution >= 0.6 is 0 Å². The van der Waals surface area contributed by atoms with Crippen molar-refractivity contribution in [2.24, 2.45) is 0 Å². The molecule has 1 N–H and O–H groups in total. The summed E-state index contributed by atoms with van der Waals surface area (Å²) in [7, 11) is 0. The smallest absolute Gasteiger partial charge is 0.213 e. The van der Waals surface area contributed by atoms with Gasteiger partial charge in [-0.1, -0.05) is 0 Å². The van der Waals surface area contributed by atoms with Crippen molar-refractivity contribution in [3.05, 3.63) is 41.6 Å². The second-order valence-electron chi connectivity index (χ2n) is 4.64. The van der Waals surface area contributed by atoms with Gasteiger partial charge in [0.1, 0.15) is 5.82 Å². The third-order valence-corrected chi connectivity index (χ3v) is 3.02. The van der Waals surface area contributed by atoms with E-state index in [1.54, 1.807) is 6.20 Å². The number of nitrogens with one attached hydrogen (secondary N) is 1. The standard InChI is InChI=1S/C15H20N4O/c1-5-20-15-7-6-13(8-17-15)19-11(3)14-9-16-12(4)18-10(14)2/h6-9,11,19H,5H2,1-4H3. The van der Waals surface area contributed by atoms with Crippen LogP contribution in [-0.2, 0) is 0 Å². The van der Waals surface area contributed by atoms with Crippen LogP contribution in [0.1, 0.15) is 37.0 Å². The summed E-state index contributed by atoms with van der Waals surface area (Å²) < 4.78 is 5.32. The van der Waals surface area contributed by atoms with Crippen LogP contribution in [0.15, 0.2) is 24.5 Å². The molecular weight excluding hydrogens is 252 g/mol. The number of pyridine rings is 1. The molecule has 5 heteroatoms. The summed E-state index contributed by atoms with van der Waals surface area (Å²) in [5, 5.41) is 3.39. The van der Waals surface area contributed by atoms with Gasteiger partial charge < -0.3 is 10.1 Å². The summed E-state index contributed by atoms with van der Waals surface area (Å²) >= 11 is 0. The fourth-order valence-corrected chi connectivity index (χ4v) is 2.04. The zero-order valence-corrected chi connectivity index (χ0v) is 12.3. The summed E-state index contributed by atoms with van der Waals surface area (Å²) in [4.78, 5) is 12.9. The van der Waals surface area contributed by atoms with Gasteiger partial charge in [-0.3, -0.25) is 0 Å². The fourth-order valence-electron chi connectivity index (χ4n) is 2.04. The number of rotatable bonds is 5. The molecule has 1 unspecified atom stereocenters. The molecule has 0 radical (unpaired) electrons. The Hall–Kier alpha value is -2.17. The van der Waals surface area contributed by atoms with Crippen molar-refractivity contribution in [1.29, 1.82) is 0 Å². The molecule has 0 saturated carbocycles. The van der Waals surface area contributed by atoms with Gasteiger partial charge in [-0.2, -0.15) is 0 Å². The number of hydrogen-bond acceptors (Lipinski definition) is 5. The van der Waals surface area contributed by atoms with Crippen LogP contribution in [0.4, 0.5) is 5.69 Å². The lowest BCUT2D eigenvalue weighted by Crippen LogP contribution is -2.10. The molecule has 2 aromatic rings. The summed E-state index contributed by atoms with van der Waals surface area (Å²) in [6.45, 7) is 8.54. The second-order valence-corrected chi connectivity index (χ2v) is 4.64. The molecule has 106 valence electrons. The zero-order chi connectivity index (χ0) is 14.5. The molecule has 2 aromatic heterocycles. The van der Waals surface area contributed by atoms with Crippen LogP contribution in [0.5, 0.6) is 5.88 Å². The molecule has 0 amide bonds. The first-order valence-electron chi connectivity index (χ1n) is 6.75. The number of aryl methyl sites for hydroxylation is 2. The maximum Gasteiger partial charge on any atom is 0.213 e. The molecule has 2 heterocycles. The number of ether oxygens (including phenoxy) is 1. The molecule has 0 saturated heterocycles. The molecule has 0 aliphatic carbocycles. The van der Waals surface area contributed by atoms with Gasteiger partial charge in [-0.15, -0.1) is 0 Å². The summed E-state index contributed by atoms with van der Waals surface area (Å²) in [6.07, 6.45) is 3.64. The Morgan fingerprint density at radius 3 is 2.60 bits per heavy atom. The van der Waals surface area contributed by atoms with Crippen LogP contribution < -0.4 is 10.1 Å². The minimum absolute atomic E-state index is 0.121. The maximum atomic E-state index is 5.32. The molecule has 0 aliphatic heterocycles. The quantitative estimate of drug-likeness (QED) is 0.906. The molecule has 0 spiro atoms. The molecule has 0 aromatic carbocycles. The average molecular weight is 272 g/mol. The van der Waals surface area contributed by atoms with Gasteiger partial charge in [0.05, 0.1) is 24.5 Å². The third-order valence-electron chi connectivity index (χ3n) is 3.02. The van der Waals surface area contributed by atoms with E-state index in [0.29, 0.717) is 12.5 Å². The zero-order valence-electron chi connectivity index (χ0n) is 12.3. The molecule has 5 nitrogen and oxygen atoms in total. The number of anilines is 1. The van der Waals surface area contributed by atoms with Gasteiger partial charge in [0.2, 0.25) is 5.88 Å². The number of hydrogen-bond donors (Lipinski definition) is 1. The summed E-state index contributed by atoms with van der Waals surface area (Å²) in [6, 6.07) is 3.94. The van der Waals surface area contributed by atoms with Crippen LogP contribution in [0, 0.1) is 13.8 Å². The largest absolute Gasteiger partial charge is 0.478 e. The number of nitrogens with zero attached hydrogens (tertiary/aromatic N) is 3. The van der Waals surface area contributed by atoms with Crippen molar-refractivity contribution in [3.63, 3.8) is 0 Å². The first-order chi connectivity index (χ1) is 9.60. The molecular formula is C15H20N4O. The average Bonchev–Trinajstić information content (AvgIpc) is 2.41. The summed E-state index contributed by atoms with van der Waals surface area (Å²) in [5.41, 5.74) is 3.03. The van der Waals surface area contributed by atoms with Gasteiger partial charge in [0.25, 0.3) is 0 Å². The van der Waals surface area contributed by atoms with Gasteiger partial charge in [-0.05, 0) is 33.8 Å². The Balaban J connectivity index is 2.08. The van der Waals surface area contributed by atoms with Gasteiger partial charge in [-0.25, -0.2) is 15.0 Å². The maximum absolute atomic E-state index is 5.32. The van der Waals surface area contributed by atoms with Crippen molar-refractivity contribution in [1.82, 2.24) is 15.0 Å². The monoisotopic (exact) mass is 272 g/mol. The van der Waals surface area contributed by atoms with Crippen molar-refractivity contribution in [2.75, 3.05) is 11.9 Å². The Morgan fingerprint density at radius 1 is 1.20 bits per heavy atom. The van der Waals surface area contributed by atoms with Crippen molar-refractivity contribution in [3.8, 4) is 5.88 Å². The van der Waals surface area contributed by atoms with Gasteiger partial charge >= 0.3 is 0 Å². The van der Waals surface area contributed by atoms with Crippen molar-refractivity contribution in [2.45, 2.75) is 33.7 Å². The minimum Gasteiger partial charge on any atom is -0.478 e. The van der Waals surface area contributed by atoms with E-state index in [1.807, 2.05) is 39.1 Å². The predicted molar refractivity (Wildman–Crippen MR) is 78.9 cm³/mol. The highest BCUT2D eigenvalue weighted by molar-refractivity contribution is 5.44. The first kappa shape index (κ1) is 14.2. The van der Waals surface area contributed by atoms with Crippen LogP contribution in [0.2, 0.25) is 0 Å². The van der Waals surface area contributed by atoms with Crippen LogP contribution in [-0.4, -0.2) is 21.6 Å². The van der Waals surface area contributed by atoms with Crippen molar-refractivity contribution < 1.29 is 4.74 Å². The highest BCUT2D eigenvalue weighted by atomic mass is 16.5. The van der Waals surface area contributed by atoms with E-state index in [-0.39, 0.29) is 6.04 Å². The highest BCUT2D eigenvalue weighted by Gasteiger charge is 2.10. The Kier molecular flexibility index (Phi) is 4.50. The Bertz CT molecular complexity index is 569. The van der Waals surface area contributed by atoms with E-state index in [9.17, 15) is 0 Å². The van der Waals surface area contributed by atoms with E-state index in [4.69, 9.17) is 4.74 Å². The minimum atomic E-state index is 0.121. The first-order valence-corrected chi connectivity index (χ1v) is 6.75. The van der Waals surface area contributed by atoms with E-state index in [0.717, 1.165) is 22.8 Å². The molecule has 0 bridgehead atoms. The molecule has 0 fully saturated rings. The van der Waals surface area contributed by atoms with E-state index < -0.39 is 0 Å². The topological polar surface area (TPSA) is 59.9 Å². The molecule has 20 heavy (non-hydrogen) atoms. The van der Waals surface area contributed by atoms with E-state index >= 15 is 0 Å². The van der Waals surface area contributed by atoms with Gasteiger partial charge in [0, 0.05) is 23.5 Å². The molecule has 0 aliphatic rings. The number of aromatic nitrogens is 3. The van der Waals surface area contributed by atoms with Crippen LogP contribution in [0.3, 0.4) is 0 Å². The predicted octanol–water partition coefficient (Wildman–Crippen LogP) is 3.06. The normalized spacial score (nSPS) is 12.0. The second kappa shape index (κ2) is 6.32. The lowest BCUT2D eigenvalue weighted by molar-refractivity contribution is 0.327.